The number of para-hydroxylation sites is 1. The van der Waals surface area contributed by atoms with E-state index in [4.69, 9.17) is 16.0 Å². The molecule has 1 atom stereocenters. The van der Waals surface area contributed by atoms with Gasteiger partial charge >= 0.3 is 0 Å². The number of carbonyl (C=O) groups excluding carboxylic acids is 1. The van der Waals surface area contributed by atoms with Crippen molar-refractivity contribution in [1.29, 1.82) is 0 Å². The first kappa shape index (κ1) is 22.3. The molecule has 1 unspecified atom stereocenters. The number of hydrogen-bond acceptors (Lipinski definition) is 4. The lowest BCUT2D eigenvalue weighted by molar-refractivity contribution is 0.0727. The molecular formula is C22H25ClN2O4S. The molecule has 1 heterocycles. The number of amides is 1. The van der Waals surface area contributed by atoms with Gasteiger partial charge in [0.05, 0.1) is 21.5 Å². The van der Waals surface area contributed by atoms with Crippen LogP contribution in [0.5, 0.6) is 0 Å². The van der Waals surface area contributed by atoms with Gasteiger partial charge in [-0.1, -0.05) is 43.6 Å². The summed E-state index contributed by atoms with van der Waals surface area (Å²) in [5.41, 5.74) is 0.876. The Labute approximate surface area is 182 Å². The monoisotopic (exact) mass is 448 g/mol. The molecular weight excluding hydrogens is 424 g/mol. The van der Waals surface area contributed by atoms with Crippen LogP contribution >= 0.6 is 11.6 Å². The van der Waals surface area contributed by atoms with Crippen molar-refractivity contribution in [2.24, 2.45) is 0 Å². The van der Waals surface area contributed by atoms with Crippen LogP contribution in [-0.2, 0) is 10.0 Å². The van der Waals surface area contributed by atoms with E-state index in [1.54, 1.807) is 20.9 Å². The highest BCUT2D eigenvalue weighted by atomic mass is 35.5. The third-order valence-electron chi connectivity index (χ3n) is 5.27. The summed E-state index contributed by atoms with van der Waals surface area (Å²) in [5.74, 6) is 0.250. The highest BCUT2D eigenvalue weighted by Crippen LogP contribution is 2.30. The van der Waals surface area contributed by atoms with Crippen LogP contribution in [0.1, 0.15) is 42.9 Å². The summed E-state index contributed by atoms with van der Waals surface area (Å²) in [7, 11) is -2.06. The molecule has 0 aliphatic rings. The lowest BCUT2D eigenvalue weighted by Crippen LogP contribution is -2.32. The molecule has 6 nitrogen and oxygen atoms in total. The number of carbonyl (C=O) groups is 1. The van der Waals surface area contributed by atoms with Crippen molar-refractivity contribution >= 4 is 38.5 Å². The standard InChI is InChI=1S/C22H25ClN2O4S/c1-5-25(6-2)30(27,28)17-11-12-19(23)18(14-17)22(26)24(4)15(3)21-13-16-9-7-8-10-20(16)29-21/h7-15H,5-6H2,1-4H3. The third kappa shape index (κ3) is 4.10. The average Bonchev–Trinajstić information content (AvgIpc) is 3.17. The van der Waals surface area contributed by atoms with Gasteiger partial charge in [0.2, 0.25) is 10.0 Å². The van der Waals surface area contributed by atoms with Gasteiger partial charge in [-0.15, -0.1) is 0 Å². The Morgan fingerprint density at radius 3 is 2.40 bits per heavy atom. The molecule has 0 spiro atoms. The van der Waals surface area contributed by atoms with E-state index in [2.05, 4.69) is 0 Å². The van der Waals surface area contributed by atoms with E-state index in [0.717, 1.165) is 11.0 Å². The van der Waals surface area contributed by atoms with Crippen molar-refractivity contribution in [3.63, 3.8) is 0 Å². The summed E-state index contributed by atoms with van der Waals surface area (Å²) in [6.45, 7) is 6.07. The molecule has 2 aromatic carbocycles. The van der Waals surface area contributed by atoms with E-state index in [1.807, 2.05) is 37.3 Å². The third-order valence-corrected chi connectivity index (χ3v) is 7.64. The maximum atomic E-state index is 13.2. The van der Waals surface area contributed by atoms with Crippen molar-refractivity contribution in [2.75, 3.05) is 20.1 Å². The van der Waals surface area contributed by atoms with E-state index in [1.165, 1.54) is 27.4 Å². The minimum absolute atomic E-state index is 0.0451. The number of nitrogens with zero attached hydrogens (tertiary/aromatic N) is 2. The van der Waals surface area contributed by atoms with Gasteiger partial charge in [-0.3, -0.25) is 4.79 Å². The van der Waals surface area contributed by atoms with Gasteiger partial charge in [-0.2, -0.15) is 4.31 Å². The fourth-order valence-corrected chi connectivity index (χ4v) is 4.99. The summed E-state index contributed by atoms with van der Waals surface area (Å²) >= 11 is 6.27. The molecule has 8 heteroatoms. The van der Waals surface area contributed by atoms with Crippen LogP contribution in [0.3, 0.4) is 0 Å². The van der Waals surface area contributed by atoms with Crippen molar-refractivity contribution in [1.82, 2.24) is 9.21 Å². The van der Waals surface area contributed by atoms with E-state index >= 15 is 0 Å². The zero-order valence-corrected chi connectivity index (χ0v) is 19.0. The Balaban J connectivity index is 1.93. The number of halogens is 1. The summed E-state index contributed by atoms with van der Waals surface area (Å²) in [6, 6.07) is 13.4. The van der Waals surface area contributed by atoms with E-state index in [9.17, 15) is 13.2 Å². The van der Waals surface area contributed by atoms with Crippen LogP contribution in [0, 0.1) is 0 Å². The molecule has 160 valence electrons. The summed E-state index contributed by atoms with van der Waals surface area (Å²) in [6.07, 6.45) is 0. The number of fused-ring (bicyclic) bond motifs is 1. The topological polar surface area (TPSA) is 70.8 Å². The van der Waals surface area contributed by atoms with Crippen LogP contribution in [0.25, 0.3) is 11.0 Å². The van der Waals surface area contributed by atoms with Crippen LogP contribution in [-0.4, -0.2) is 43.7 Å². The Hall–Kier alpha value is -2.35. The van der Waals surface area contributed by atoms with E-state index in [-0.39, 0.29) is 27.4 Å². The first-order valence-electron chi connectivity index (χ1n) is 9.76. The molecule has 3 aromatic rings. The Morgan fingerprint density at radius 1 is 1.10 bits per heavy atom. The van der Waals surface area contributed by atoms with E-state index in [0.29, 0.717) is 18.8 Å². The van der Waals surface area contributed by atoms with Gasteiger partial charge in [0.1, 0.15) is 11.3 Å². The number of hydrogen-bond donors (Lipinski definition) is 0. The second-order valence-electron chi connectivity index (χ2n) is 7.01. The lowest BCUT2D eigenvalue weighted by Gasteiger charge is -2.24. The predicted molar refractivity (Wildman–Crippen MR) is 118 cm³/mol. The second-order valence-corrected chi connectivity index (χ2v) is 9.35. The molecule has 0 aliphatic carbocycles. The molecule has 0 radical (unpaired) electrons. The quantitative estimate of drug-likeness (QED) is 0.512. The first-order chi connectivity index (χ1) is 14.2. The molecule has 1 amide bonds. The van der Waals surface area contributed by atoms with Gasteiger partial charge in [-0.25, -0.2) is 8.42 Å². The SMILES string of the molecule is CCN(CC)S(=O)(=O)c1ccc(Cl)c(C(=O)N(C)C(C)c2cc3ccccc3o2)c1. The highest BCUT2D eigenvalue weighted by molar-refractivity contribution is 7.89. The van der Waals surface area contributed by atoms with Gasteiger partial charge < -0.3 is 9.32 Å². The van der Waals surface area contributed by atoms with Gasteiger partial charge in [0, 0.05) is 25.5 Å². The molecule has 0 aliphatic heterocycles. The maximum absolute atomic E-state index is 13.2. The van der Waals surface area contributed by atoms with Crippen LogP contribution < -0.4 is 0 Å². The number of sulfonamides is 1. The van der Waals surface area contributed by atoms with Crippen molar-refractivity contribution < 1.29 is 17.6 Å². The molecule has 0 fully saturated rings. The minimum atomic E-state index is -3.70. The van der Waals surface area contributed by atoms with Gasteiger partial charge in [0.25, 0.3) is 5.91 Å². The van der Waals surface area contributed by atoms with Gasteiger partial charge in [-0.05, 0) is 37.3 Å². The maximum Gasteiger partial charge on any atom is 0.255 e. The average molecular weight is 449 g/mol. The largest absolute Gasteiger partial charge is 0.459 e. The Bertz CT molecular complexity index is 1140. The Morgan fingerprint density at radius 2 is 1.77 bits per heavy atom. The van der Waals surface area contributed by atoms with Crippen LogP contribution in [0.4, 0.5) is 0 Å². The predicted octanol–water partition coefficient (Wildman–Crippen LogP) is 4.95. The molecule has 0 N–H and O–H groups in total. The molecule has 0 bridgehead atoms. The Kier molecular flexibility index (Phi) is 6.55. The highest BCUT2D eigenvalue weighted by Gasteiger charge is 2.27. The molecule has 0 saturated heterocycles. The van der Waals surface area contributed by atoms with Crippen LogP contribution in [0.15, 0.2) is 57.8 Å². The zero-order chi connectivity index (χ0) is 22.1. The minimum Gasteiger partial charge on any atom is -0.459 e. The fourth-order valence-electron chi connectivity index (χ4n) is 3.31. The summed E-state index contributed by atoms with van der Waals surface area (Å²) < 4.78 is 32.9. The normalized spacial score (nSPS) is 13.0. The summed E-state index contributed by atoms with van der Waals surface area (Å²) in [4.78, 5) is 14.7. The fraction of sp³-hybridized carbons (Fsp3) is 0.318. The van der Waals surface area contributed by atoms with E-state index < -0.39 is 10.0 Å². The second kappa shape index (κ2) is 8.79. The zero-order valence-electron chi connectivity index (χ0n) is 17.4. The summed E-state index contributed by atoms with van der Waals surface area (Å²) in [5, 5.41) is 1.15. The number of benzene rings is 2. The lowest BCUT2D eigenvalue weighted by atomic mass is 10.1. The van der Waals surface area contributed by atoms with Crippen molar-refractivity contribution in [3.05, 3.63) is 64.9 Å². The van der Waals surface area contributed by atoms with Crippen LogP contribution in [0.2, 0.25) is 5.02 Å². The van der Waals surface area contributed by atoms with Crippen molar-refractivity contribution in [3.8, 4) is 0 Å². The number of rotatable bonds is 7. The van der Waals surface area contributed by atoms with Crippen molar-refractivity contribution in [2.45, 2.75) is 31.7 Å². The molecule has 1 aromatic heterocycles. The molecule has 0 saturated carbocycles. The number of furan rings is 1. The smallest absolute Gasteiger partial charge is 0.255 e. The van der Waals surface area contributed by atoms with Gasteiger partial charge in [0.15, 0.2) is 0 Å². The molecule has 3 rings (SSSR count). The molecule has 30 heavy (non-hydrogen) atoms. The first-order valence-corrected chi connectivity index (χ1v) is 11.6.